The van der Waals surface area contributed by atoms with Gasteiger partial charge in [0.25, 0.3) is 0 Å². The summed E-state index contributed by atoms with van der Waals surface area (Å²) in [5.74, 6) is -0.772. The first-order valence-electron chi connectivity index (χ1n) is 13.5. The van der Waals surface area contributed by atoms with Gasteiger partial charge in [0.2, 0.25) is 5.89 Å². The Kier molecular flexibility index (Phi) is 8.40. The van der Waals surface area contributed by atoms with E-state index in [1.807, 2.05) is 72.8 Å². The molecule has 0 saturated carbocycles. The molecule has 7 heteroatoms. The number of nitrogens with zero attached hydrogens (tertiary/aromatic N) is 1. The molecule has 1 heterocycles. The summed E-state index contributed by atoms with van der Waals surface area (Å²) in [6, 6.07) is 28.1. The fraction of sp³-hybridized carbons (Fsp3) is 0.242. The topological polar surface area (TPSA) is 87.9 Å². The van der Waals surface area contributed by atoms with E-state index in [9.17, 15) is 9.59 Å². The number of carbonyl (C=O) groups excluding carboxylic acids is 2. The number of esters is 2. The third-order valence-corrected chi connectivity index (χ3v) is 6.60. The van der Waals surface area contributed by atoms with Crippen LogP contribution in [0.1, 0.15) is 26.7 Å². The Bertz CT molecular complexity index is 1610. The second-order valence-electron chi connectivity index (χ2n) is 9.34. The highest BCUT2D eigenvalue weighted by molar-refractivity contribution is 5.95. The molecule has 0 aliphatic heterocycles. The standard InChI is InChI=1S/C33H31NO6/c1-3-37-32(35)28(33(36)38-4-2)11-8-18-39-27-16-14-23-19-26(13-12-24(23)20-27)31-34-29-21-25(15-17-30(29)40-31)22-9-6-5-7-10-22/h5-7,9-10,12-17,19-21,28H,3-4,8,11,18H2,1-2H3. The van der Waals surface area contributed by atoms with Crippen molar-refractivity contribution in [1.82, 2.24) is 4.98 Å². The van der Waals surface area contributed by atoms with E-state index in [4.69, 9.17) is 23.6 Å². The van der Waals surface area contributed by atoms with Crippen LogP contribution in [0.3, 0.4) is 0 Å². The van der Waals surface area contributed by atoms with Gasteiger partial charge in [-0.3, -0.25) is 9.59 Å². The smallest absolute Gasteiger partial charge is 0.320 e. The van der Waals surface area contributed by atoms with Gasteiger partial charge in [-0.05, 0) is 85.0 Å². The number of hydrogen-bond donors (Lipinski definition) is 0. The number of oxazole rings is 1. The van der Waals surface area contributed by atoms with Gasteiger partial charge in [-0.2, -0.15) is 0 Å². The fourth-order valence-corrected chi connectivity index (χ4v) is 4.60. The lowest BCUT2D eigenvalue weighted by molar-refractivity contribution is -0.162. The Balaban J connectivity index is 1.24. The number of rotatable bonds is 11. The summed E-state index contributed by atoms with van der Waals surface area (Å²) in [6.45, 7) is 4.20. The lowest BCUT2D eigenvalue weighted by Crippen LogP contribution is -2.28. The Hall–Kier alpha value is -4.65. The van der Waals surface area contributed by atoms with Crippen LogP contribution in [0.25, 0.3) is 44.5 Å². The van der Waals surface area contributed by atoms with E-state index in [0.717, 1.165) is 38.6 Å². The molecule has 0 fully saturated rings. The normalized spacial score (nSPS) is 11.2. The molecule has 0 unspecified atom stereocenters. The maximum Gasteiger partial charge on any atom is 0.320 e. The van der Waals surface area contributed by atoms with E-state index in [2.05, 4.69) is 12.1 Å². The SMILES string of the molecule is CCOC(=O)C(CCCOc1ccc2cc(-c3nc4cc(-c5ccccc5)ccc4o3)ccc2c1)C(=O)OCC. The van der Waals surface area contributed by atoms with Crippen LogP contribution in [0.4, 0.5) is 0 Å². The number of ether oxygens (including phenoxy) is 3. The molecule has 0 aliphatic rings. The summed E-state index contributed by atoms with van der Waals surface area (Å²) >= 11 is 0. The lowest BCUT2D eigenvalue weighted by Gasteiger charge is -2.14. The van der Waals surface area contributed by atoms with Gasteiger partial charge in [0.1, 0.15) is 11.3 Å². The largest absolute Gasteiger partial charge is 0.494 e. The Morgan fingerprint density at radius 3 is 2.23 bits per heavy atom. The van der Waals surface area contributed by atoms with Crippen LogP contribution in [0.2, 0.25) is 0 Å². The zero-order valence-electron chi connectivity index (χ0n) is 22.6. The quantitative estimate of drug-likeness (QED) is 0.0999. The van der Waals surface area contributed by atoms with Gasteiger partial charge >= 0.3 is 11.9 Å². The molecule has 0 atom stereocenters. The average molecular weight is 538 g/mol. The summed E-state index contributed by atoms with van der Waals surface area (Å²) in [6.07, 6.45) is 0.801. The predicted octanol–water partition coefficient (Wildman–Crippen LogP) is 7.22. The summed E-state index contributed by atoms with van der Waals surface area (Å²) in [5.41, 5.74) is 4.68. The van der Waals surface area contributed by atoms with Crippen molar-refractivity contribution in [3.05, 3.63) is 84.9 Å². The number of aromatic nitrogens is 1. The van der Waals surface area contributed by atoms with E-state index >= 15 is 0 Å². The molecule has 0 N–H and O–H groups in total. The molecule has 4 aromatic carbocycles. The van der Waals surface area contributed by atoms with Crippen LogP contribution in [0.5, 0.6) is 5.75 Å². The minimum absolute atomic E-state index is 0.214. The van der Waals surface area contributed by atoms with Crippen molar-refractivity contribution >= 4 is 33.8 Å². The van der Waals surface area contributed by atoms with Crippen LogP contribution in [-0.2, 0) is 19.1 Å². The molecule has 5 aromatic rings. The number of hydrogen-bond acceptors (Lipinski definition) is 7. The van der Waals surface area contributed by atoms with Gasteiger partial charge in [-0.25, -0.2) is 4.98 Å². The average Bonchev–Trinajstić information content (AvgIpc) is 3.41. The predicted molar refractivity (Wildman–Crippen MR) is 154 cm³/mol. The van der Waals surface area contributed by atoms with Crippen LogP contribution in [0.15, 0.2) is 89.3 Å². The second kappa shape index (κ2) is 12.5. The van der Waals surface area contributed by atoms with Crippen molar-refractivity contribution < 1.29 is 28.2 Å². The van der Waals surface area contributed by atoms with E-state index in [-0.39, 0.29) is 13.2 Å². The van der Waals surface area contributed by atoms with E-state index in [1.165, 1.54) is 0 Å². The van der Waals surface area contributed by atoms with Gasteiger partial charge < -0.3 is 18.6 Å². The van der Waals surface area contributed by atoms with Crippen LogP contribution in [0, 0.1) is 5.92 Å². The molecule has 0 spiro atoms. The third-order valence-electron chi connectivity index (χ3n) is 6.60. The van der Waals surface area contributed by atoms with Crippen molar-refractivity contribution in [2.24, 2.45) is 5.92 Å². The van der Waals surface area contributed by atoms with Gasteiger partial charge in [0.05, 0.1) is 19.8 Å². The molecule has 0 bridgehead atoms. The van der Waals surface area contributed by atoms with Gasteiger partial charge in [-0.15, -0.1) is 0 Å². The molecule has 40 heavy (non-hydrogen) atoms. The molecule has 0 radical (unpaired) electrons. The highest BCUT2D eigenvalue weighted by Gasteiger charge is 2.29. The molecule has 5 rings (SSSR count). The highest BCUT2D eigenvalue weighted by Crippen LogP contribution is 2.31. The van der Waals surface area contributed by atoms with Gasteiger partial charge in [0, 0.05) is 5.56 Å². The molecule has 0 aliphatic carbocycles. The molecular weight excluding hydrogens is 506 g/mol. The first kappa shape index (κ1) is 26.9. The monoisotopic (exact) mass is 537 g/mol. The molecule has 0 amide bonds. The first-order valence-corrected chi connectivity index (χ1v) is 13.5. The maximum atomic E-state index is 12.1. The van der Waals surface area contributed by atoms with Gasteiger partial charge in [-0.1, -0.05) is 48.5 Å². The third kappa shape index (κ3) is 6.15. The minimum atomic E-state index is -0.935. The molecule has 1 aromatic heterocycles. The van der Waals surface area contributed by atoms with Crippen molar-refractivity contribution in [3.8, 4) is 28.3 Å². The molecule has 204 valence electrons. The number of benzene rings is 4. The lowest BCUT2D eigenvalue weighted by atomic mass is 10.0. The van der Waals surface area contributed by atoms with E-state index in [1.54, 1.807) is 13.8 Å². The molecule has 0 saturated heterocycles. The number of fused-ring (bicyclic) bond motifs is 2. The Morgan fingerprint density at radius 1 is 0.775 bits per heavy atom. The van der Waals surface area contributed by atoms with Crippen molar-refractivity contribution in [1.29, 1.82) is 0 Å². The van der Waals surface area contributed by atoms with Crippen molar-refractivity contribution in [2.45, 2.75) is 26.7 Å². The minimum Gasteiger partial charge on any atom is -0.494 e. The first-order chi connectivity index (χ1) is 19.6. The molecule has 7 nitrogen and oxygen atoms in total. The van der Waals surface area contributed by atoms with Crippen molar-refractivity contribution in [2.75, 3.05) is 19.8 Å². The van der Waals surface area contributed by atoms with E-state index in [0.29, 0.717) is 31.1 Å². The zero-order chi connectivity index (χ0) is 27.9. The summed E-state index contributed by atoms with van der Waals surface area (Å²) in [4.78, 5) is 29.0. The van der Waals surface area contributed by atoms with Crippen LogP contribution >= 0.6 is 0 Å². The van der Waals surface area contributed by atoms with Crippen LogP contribution < -0.4 is 4.74 Å². The summed E-state index contributed by atoms with van der Waals surface area (Å²) in [7, 11) is 0. The Labute approximate surface area is 232 Å². The Morgan fingerprint density at radius 2 is 1.48 bits per heavy atom. The fourth-order valence-electron chi connectivity index (χ4n) is 4.60. The zero-order valence-corrected chi connectivity index (χ0v) is 22.6. The van der Waals surface area contributed by atoms with Crippen molar-refractivity contribution in [3.63, 3.8) is 0 Å². The summed E-state index contributed by atoms with van der Waals surface area (Å²) < 4.78 is 22.0. The van der Waals surface area contributed by atoms with E-state index < -0.39 is 17.9 Å². The summed E-state index contributed by atoms with van der Waals surface area (Å²) in [5, 5.41) is 2.04. The maximum absolute atomic E-state index is 12.1. The molecular formula is C33H31NO6. The van der Waals surface area contributed by atoms with Crippen LogP contribution in [-0.4, -0.2) is 36.7 Å². The number of carbonyl (C=O) groups is 2. The second-order valence-corrected chi connectivity index (χ2v) is 9.34. The highest BCUT2D eigenvalue weighted by atomic mass is 16.6. The van der Waals surface area contributed by atoms with Gasteiger partial charge in [0.15, 0.2) is 11.5 Å².